The fourth-order valence-corrected chi connectivity index (χ4v) is 6.34. The van der Waals surface area contributed by atoms with Crippen LogP contribution in [0, 0.1) is 22.7 Å². The molecule has 1 nitrogen and oxygen atoms in total. The van der Waals surface area contributed by atoms with Crippen molar-refractivity contribution in [1.29, 1.82) is 0 Å². The third-order valence-corrected chi connectivity index (χ3v) is 6.85. The smallest absolute Gasteiger partial charge is 0.170 e. The first kappa shape index (κ1) is 14.1. The SMILES string of the molecule is CC12CC3CC(C1)CC(C(=O)c1cccc(Cl)c1Cl)(C3)C2. The molecule has 0 radical (unpaired) electrons. The Morgan fingerprint density at radius 2 is 1.81 bits per heavy atom. The van der Waals surface area contributed by atoms with Crippen molar-refractivity contribution in [2.75, 3.05) is 0 Å². The monoisotopic (exact) mass is 322 g/mol. The van der Waals surface area contributed by atoms with E-state index in [1.807, 2.05) is 12.1 Å². The van der Waals surface area contributed by atoms with Gasteiger partial charge in [-0.1, -0.05) is 36.2 Å². The maximum absolute atomic E-state index is 13.3. The average Bonchev–Trinajstić information content (AvgIpc) is 2.38. The number of hydrogen-bond acceptors (Lipinski definition) is 1. The maximum atomic E-state index is 13.3. The van der Waals surface area contributed by atoms with E-state index in [4.69, 9.17) is 23.2 Å². The quantitative estimate of drug-likeness (QED) is 0.630. The molecule has 1 aromatic carbocycles. The first-order chi connectivity index (χ1) is 9.91. The van der Waals surface area contributed by atoms with Crippen LogP contribution in [0.5, 0.6) is 0 Å². The first-order valence-electron chi connectivity index (χ1n) is 7.90. The number of ketones is 1. The van der Waals surface area contributed by atoms with Crippen molar-refractivity contribution in [2.45, 2.75) is 45.4 Å². The van der Waals surface area contributed by atoms with Gasteiger partial charge in [0.1, 0.15) is 0 Å². The third-order valence-electron chi connectivity index (χ3n) is 6.03. The summed E-state index contributed by atoms with van der Waals surface area (Å²) < 4.78 is 0. The number of halogens is 2. The van der Waals surface area contributed by atoms with Crippen LogP contribution >= 0.6 is 23.2 Å². The fraction of sp³-hybridized carbons (Fsp3) is 0.611. The molecule has 0 amide bonds. The molecule has 0 spiro atoms. The molecule has 2 atom stereocenters. The van der Waals surface area contributed by atoms with E-state index in [1.54, 1.807) is 6.07 Å². The van der Waals surface area contributed by atoms with Gasteiger partial charge in [0, 0.05) is 11.0 Å². The molecule has 0 N–H and O–H groups in total. The van der Waals surface area contributed by atoms with Gasteiger partial charge in [-0.05, 0) is 67.9 Å². The van der Waals surface area contributed by atoms with E-state index >= 15 is 0 Å². The molecule has 4 fully saturated rings. The van der Waals surface area contributed by atoms with Gasteiger partial charge in [-0.3, -0.25) is 4.79 Å². The molecule has 5 rings (SSSR count). The molecule has 1 aromatic rings. The van der Waals surface area contributed by atoms with Crippen molar-refractivity contribution in [3.63, 3.8) is 0 Å². The van der Waals surface area contributed by atoms with Gasteiger partial charge < -0.3 is 0 Å². The summed E-state index contributed by atoms with van der Waals surface area (Å²) in [6, 6.07) is 5.43. The van der Waals surface area contributed by atoms with Gasteiger partial charge in [0.15, 0.2) is 5.78 Å². The minimum absolute atomic E-state index is 0.173. The van der Waals surface area contributed by atoms with Gasteiger partial charge in [-0.2, -0.15) is 0 Å². The molecule has 4 aliphatic carbocycles. The third kappa shape index (κ3) is 2.08. The Morgan fingerprint density at radius 1 is 1.14 bits per heavy atom. The predicted molar refractivity (Wildman–Crippen MR) is 86.0 cm³/mol. The number of benzene rings is 1. The van der Waals surface area contributed by atoms with Crippen LogP contribution in [-0.4, -0.2) is 5.78 Å². The Balaban J connectivity index is 1.76. The lowest BCUT2D eigenvalue weighted by Gasteiger charge is -2.60. The molecule has 2 unspecified atom stereocenters. The second-order valence-corrected chi connectivity index (χ2v) is 8.77. The molecule has 0 aromatic heterocycles. The Hall–Kier alpha value is -0.530. The molecule has 21 heavy (non-hydrogen) atoms. The Bertz CT molecular complexity index is 608. The summed E-state index contributed by atoms with van der Waals surface area (Å²) in [6.45, 7) is 2.38. The zero-order valence-corrected chi connectivity index (χ0v) is 13.8. The van der Waals surface area contributed by atoms with Crippen molar-refractivity contribution in [3.8, 4) is 0 Å². The summed E-state index contributed by atoms with van der Waals surface area (Å²) in [7, 11) is 0. The summed E-state index contributed by atoms with van der Waals surface area (Å²) in [5, 5.41) is 0.920. The molecule has 3 heteroatoms. The van der Waals surface area contributed by atoms with Crippen LogP contribution in [0.4, 0.5) is 0 Å². The second kappa shape index (κ2) is 4.49. The van der Waals surface area contributed by atoms with E-state index < -0.39 is 0 Å². The van der Waals surface area contributed by atoms with Crippen LogP contribution in [0.3, 0.4) is 0 Å². The van der Waals surface area contributed by atoms with Crippen molar-refractivity contribution in [1.82, 2.24) is 0 Å². The summed E-state index contributed by atoms with van der Waals surface area (Å²) in [5.74, 6) is 1.71. The van der Waals surface area contributed by atoms with E-state index in [1.165, 1.54) is 19.3 Å². The predicted octanol–water partition coefficient (Wildman–Crippen LogP) is 5.78. The van der Waals surface area contributed by atoms with Gasteiger partial charge >= 0.3 is 0 Å². The van der Waals surface area contributed by atoms with Gasteiger partial charge in [0.25, 0.3) is 0 Å². The second-order valence-electron chi connectivity index (χ2n) is 7.98. The average molecular weight is 323 g/mol. The highest BCUT2D eigenvalue weighted by Gasteiger charge is 2.58. The summed E-state index contributed by atoms with van der Waals surface area (Å²) >= 11 is 12.4. The van der Waals surface area contributed by atoms with Crippen LogP contribution in [0.25, 0.3) is 0 Å². The molecular weight excluding hydrogens is 303 g/mol. The molecule has 0 heterocycles. The standard InChI is InChI=1S/C18H20Cl2O/c1-17-6-11-5-12(7-17)9-18(8-11,10-17)16(21)13-3-2-4-14(19)15(13)20/h2-4,11-12H,5-10H2,1H3. The van der Waals surface area contributed by atoms with Crippen LogP contribution < -0.4 is 0 Å². The number of rotatable bonds is 2. The Kier molecular flexibility index (Phi) is 3.01. The molecule has 4 bridgehead atoms. The van der Waals surface area contributed by atoms with Gasteiger partial charge in [-0.15, -0.1) is 0 Å². The molecule has 4 aliphatic rings. The largest absolute Gasteiger partial charge is 0.294 e. The maximum Gasteiger partial charge on any atom is 0.170 e. The minimum Gasteiger partial charge on any atom is -0.294 e. The molecule has 0 aliphatic heterocycles. The normalized spacial score (nSPS) is 40.5. The lowest BCUT2D eigenvalue weighted by Crippen LogP contribution is -2.54. The van der Waals surface area contributed by atoms with Crippen molar-refractivity contribution >= 4 is 29.0 Å². The highest BCUT2D eigenvalue weighted by molar-refractivity contribution is 6.44. The Morgan fingerprint density at radius 3 is 2.43 bits per heavy atom. The highest BCUT2D eigenvalue weighted by Crippen LogP contribution is 2.66. The van der Waals surface area contributed by atoms with Gasteiger partial charge in [-0.25, -0.2) is 0 Å². The zero-order chi connectivity index (χ0) is 14.8. The molecule has 112 valence electrons. The Labute approximate surface area is 136 Å². The topological polar surface area (TPSA) is 17.1 Å². The van der Waals surface area contributed by atoms with Crippen LogP contribution in [0.2, 0.25) is 10.0 Å². The lowest BCUT2D eigenvalue weighted by atomic mass is 9.43. The summed E-state index contributed by atoms with van der Waals surface area (Å²) in [4.78, 5) is 13.3. The number of carbonyl (C=O) groups is 1. The first-order valence-corrected chi connectivity index (χ1v) is 8.65. The van der Waals surface area contributed by atoms with E-state index in [0.29, 0.717) is 21.0 Å². The summed E-state index contributed by atoms with van der Waals surface area (Å²) in [5.41, 5.74) is 0.826. The van der Waals surface area contributed by atoms with Crippen LogP contribution in [0.15, 0.2) is 18.2 Å². The van der Waals surface area contributed by atoms with Crippen molar-refractivity contribution in [3.05, 3.63) is 33.8 Å². The minimum atomic E-state index is -0.173. The van der Waals surface area contributed by atoms with Gasteiger partial charge in [0.2, 0.25) is 0 Å². The van der Waals surface area contributed by atoms with E-state index in [0.717, 1.165) is 31.1 Å². The van der Waals surface area contributed by atoms with Crippen molar-refractivity contribution < 1.29 is 4.79 Å². The lowest BCUT2D eigenvalue weighted by molar-refractivity contribution is -0.0820. The zero-order valence-electron chi connectivity index (χ0n) is 12.3. The highest BCUT2D eigenvalue weighted by atomic mass is 35.5. The number of hydrogen-bond donors (Lipinski definition) is 0. The summed E-state index contributed by atoms with van der Waals surface area (Å²) in [6.07, 6.45) is 7.09. The fourth-order valence-electron chi connectivity index (χ4n) is 5.95. The van der Waals surface area contributed by atoms with Crippen molar-refractivity contribution in [2.24, 2.45) is 22.7 Å². The molecule has 0 saturated heterocycles. The number of Topliss-reactive ketones (excluding diaryl/α,β-unsaturated/α-hetero) is 1. The van der Waals surface area contributed by atoms with E-state index in [2.05, 4.69) is 6.92 Å². The molecule has 4 saturated carbocycles. The number of carbonyl (C=O) groups excluding carboxylic acids is 1. The van der Waals surface area contributed by atoms with Crippen LogP contribution in [-0.2, 0) is 0 Å². The van der Waals surface area contributed by atoms with E-state index in [9.17, 15) is 4.79 Å². The van der Waals surface area contributed by atoms with Gasteiger partial charge in [0.05, 0.1) is 10.0 Å². The molecular formula is C18H20Cl2O. The van der Waals surface area contributed by atoms with E-state index in [-0.39, 0.29) is 11.2 Å². The van der Waals surface area contributed by atoms with Crippen LogP contribution in [0.1, 0.15) is 55.8 Å².